The van der Waals surface area contributed by atoms with E-state index in [9.17, 15) is 9.59 Å². The summed E-state index contributed by atoms with van der Waals surface area (Å²) in [5.74, 6) is 2.36. The van der Waals surface area contributed by atoms with E-state index in [2.05, 4.69) is 43.7 Å². The first-order chi connectivity index (χ1) is 23.8. The Labute approximate surface area is 298 Å². The lowest BCUT2D eigenvalue weighted by atomic mass is 9.81. The van der Waals surface area contributed by atoms with E-state index in [1.807, 2.05) is 44.7 Å². The average Bonchev–Trinajstić information content (AvgIpc) is 3.11. The fourth-order valence-electron chi connectivity index (χ4n) is 5.91. The standard InChI is InChI=1S/C17H21N5O.C12H17ClN4O.C5H6BNO2/c1-5-13-17(23)21(4)14-10-19-15(12-6-8-18-9-7-12)20-16(14)22(13)11(2)3;1-5-8-11(18)16(4)9-6-14-12(13)15-10(9)17(8)7(2)3;8-6(9)5-1-3-7-4-2-5/h6-11,13H,5H2,1-4H3;6-8H,5H2,1-4H3;1-4,8-9H/t13-;8-;/m11./s1. The Hall–Kier alpha value is -4.73. The summed E-state index contributed by atoms with van der Waals surface area (Å²) in [6.45, 7) is 12.3. The molecule has 2 atom stereocenters. The summed E-state index contributed by atoms with van der Waals surface area (Å²) in [6.07, 6.45) is 11.3. The van der Waals surface area contributed by atoms with E-state index in [1.165, 1.54) is 12.4 Å². The highest BCUT2D eigenvalue weighted by Gasteiger charge is 2.39. The average molecular weight is 703 g/mol. The molecule has 0 saturated carbocycles. The van der Waals surface area contributed by atoms with Crippen molar-refractivity contribution in [3.8, 4) is 11.4 Å². The molecule has 6 heterocycles. The predicted molar refractivity (Wildman–Crippen MR) is 197 cm³/mol. The minimum absolute atomic E-state index is 0.0737. The molecule has 0 aliphatic carbocycles. The highest BCUT2D eigenvalue weighted by atomic mass is 35.5. The number of likely N-dealkylation sites (N-methyl/N-ethyl adjacent to an activating group) is 2. The van der Waals surface area contributed by atoms with E-state index in [4.69, 9.17) is 26.6 Å². The van der Waals surface area contributed by atoms with Gasteiger partial charge in [-0.05, 0) is 81.9 Å². The van der Waals surface area contributed by atoms with Gasteiger partial charge in [0.25, 0.3) is 0 Å². The number of nitrogens with zero attached hydrogens (tertiary/aromatic N) is 10. The topological polar surface area (TPSA) is 165 Å². The van der Waals surface area contributed by atoms with Gasteiger partial charge < -0.3 is 29.6 Å². The van der Waals surface area contributed by atoms with E-state index in [0.717, 1.165) is 35.7 Å². The fraction of sp³-hybridized carbons (Fsp3) is 0.412. The summed E-state index contributed by atoms with van der Waals surface area (Å²) in [4.78, 5) is 57.5. The Morgan fingerprint density at radius 1 is 0.740 bits per heavy atom. The first-order valence-corrected chi connectivity index (χ1v) is 16.9. The van der Waals surface area contributed by atoms with Crippen LogP contribution in [0.25, 0.3) is 11.4 Å². The van der Waals surface area contributed by atoms with Crippen molar-refractivity contribution in [2.45, 2.75) is 78.6 Å². The third kappa shape index (κ3) is 8.17. The molecular formula is C34H44BClN10O4. The summed E-state index contributed by atoms with van der Waals surface area (Å²) in [6, 6.07) is 6.84. The lowest BCUT2D eigenvalue weighted by molar-refractivity contribution is -0.120. The third-order valence-corrected chi connectivity index (χ3v) is 8.60. The Morgan fingerprint density at radius 2 is 1.18 bits per heavy atom. The number of fused-ring (bicyclic) bond motifs is 2. The highest BCUT2D eigenvalue weighted by Crippen LogP contribution is 2.37. The molecule has 264 valence electrons. The van der Waals surface area contributed by atoms with Crippen LogP contribution >= 0.6 is 11.6 Å². The van der Waals surface area contributed by atoms with E-state index in [-0.39, 0.29) is 41.3 Å². The number of hydrogen-bond donors (Lipinski definition) is 2. The summed E-state index contributed by atoms with van der Waals surface area (Å²) in [7, 11) is 2.16. The van der Waals surface area contributed by atoms with Gasteiger partial charge >= 0.3 is 7.12 Å². The molecule has 2 aliphatic heterocycles. The molecule has 0 saturated heterocycles. The van der Waals surface area contributed by atoms with Crippen LogP contribution in [0.15, 0.2) is 61.4 Å². The molecule has 2 amide bonds. The maximum atomic E-state index is 12.6. The zero-order valence-corrected chi connectivity index (χ0v) is 30.4. The minimum atomic E-state index is -1.38. The lowest BCUT2D eigenvalue weighted by Crippen LogP contribution is -2.54. The number of carbonyl (C=O) groups is 2. The second-order valence-electron chi connectivity index (χ2n) is 12.3. The molecule has 16 heteroatoms. The molecule has 0 spiro atoms. The molecule has 0 fully saturated rings. The van der Waals surface area contributed by atoms with Crippen LogP contribution in [0.4, 0.5) is 23.0 Å². The SMILES string of the molecule is CC[C@@H]1C(=O)N(C)c2cnc(-c3ccncc3)nc2N1C(C)C.CC[C@@H]1C(=O)N(C)c2cnc(Cl)nc2N1C(C)C.OB(O)c1ccncc1. The Morgan fingerprint density at radius 3 is 1.60 bits per heavy atom. The van der Waals surface area contributed by atoms with Crippen molar-refractivity contribution in [3.05, 3.63) is 66.7 Å². The number of aromatic nitrogens is 6. The van der Waals surface area contributed by atoms with Crippen molar-refractivity contribution in [2.75, 3.05) is 33.7 Å². The summed E-state index contributed by atoms with van der Waals surface area (Å²) in [5.41, 5.74) is 2.85. The smallest absolute Gasteiger partial charge is 0.423 e. The molecule has 4 aromatic heterocycles. The van der Waals surface area contributed by atoms with Crippen LogP contribution in [0.2, 0.25) is 5.28 Å². The number of rotatable bonds is 6. The van der Waals surface area contributed by atoms with Gasteiger partial charge in [-0.15, -0.1) is 0 Å². The highest BCUT2D eigenvalue weighted by molar-refractivity contribution is 6.58. The van der Waals surface area contributed by atoms with Crippen LogP contribution in [0.5, 0.6) is 0 Å². The molecule has 14 nitrogen and oxygen atoms in total. The van der Waals surface area contributed by atoms with Crippen LogP contribution in [-0.2, 0) is 9.59 Å². The summed E-state index contributed by atoms with van der Waals surface area (Å²) >= 11 is 5.87. The Bertz CT molecular complexity index is 1750. The molecule has 4 aromatic rings. The number of anilines is 4. The molecule has 0 unspecified atom stereocenters. The first kappa shape index (κ1) is 38.1. The number of carbonyl (C=O) groups excluding carboxylic acids is 2. The van der Waals surface area contributed by atoms with Crippen molar-refractivity contribution in [2.24, 2.45) is 0 Å². The van der Waals surface area contributed by atoms with Crippen LogP contribution in [-0.4, -0.2) is 97.1 Å². The normalized spacial score (nSPS) is 16.7. The third-order valence-electron chi connectivity index (χ3n) is 8.41. The second kappa shape index (κ2) is 16.8. The van der Waals surface area contributed by atoms with Gasteiger partial charge in [-0.25, -0.2) is 15.0 Å². The largest absolute Gasteiger partial charge is 0.488 e. The zero-order chi connectivity index (χ0) is 36.7. The van der Waals surface area contributed by atoms with Crippen LogP contribution in [0.3, 0.4) is 0 Å². The molecule has 0 bridgehead atoms. The second-order valence-corrected chi connectivity index (χ2v) is 12.6. The van der Waals surface area contributed by atoms with E-state index in [1.54, 1.807) is 60.8 Å². The van der Waals surface area contributed by atoms with Crippen LogP contribution in [0.1, 0.15) is 54.4 Å². The van der Waals surface area contributed by atoms with Crippen LogP contribution < -0.4 is 25.1 Å². The van der Waals surface area contributed by atoms with Gasteiger partial charge in [-0.3, -0.25) is 19.6 Å². The van der Waals surface area contributed by atoms with Crippen molar-refractivity contribution >= 4 is 59.0 Å². The number of hydrogen-bond acceptors (Lipinski definition) is 12. The lowest BCUT2D eigenvalue weighted by Gasteiger charge is -2.42. The Balaban J connectivity index is 0.000000184. The van der Waals surface area contributed by atoms with Gasteiger partial charge in [0.1, 0.15) is 23.5 Å². The molecule has 0 radical (unpaired) electrons. The van der Waals surface area contributed by atoms with Crippen molar-refractivity contribution in [3.63, 3.8) is 0 Å². The van der Waals surface area contributed by atoms with Gasteiger partial charge in [-0.2, -0.15) is 4.98 Å². The van der Waals surface area contributed by atoms with Crippen molar-refractivity contribution in [1.82, 2.24) is 29.9 Å². The molecule has 50 heavy (non-hydrogen) atoms. The number of halogens is 1. The van der Waals surface area contributed by atoms with E-state index < -0.39 is 7.12 Å². The van der Waals surface area contributed by atoms with Gasteiger partial charge in [0, 0.05) is 56.5 Å². The minimum Gasteiger partial charge on any atom is -0.423 e. The van der Waals surface area contributed by atoms with E-state index >= 15 is 0 Å². The van der Waals surface area contributed by atoms with Gasteiger partial charge in [0.05, 0.1) is 12.4 Å². The Kier molecular flexibility index (Phi) is 12.8. The fourth-order valence-corrected chi connectivity index (χ4v) is 6.04. The molecule has 0 aromatic carbocycles. The maximum Gasteiger partial charge on any atom is 0.488 e. The van der Waals surface area contributed by atoms with Gasteiger partial charge in [0.2, 0.25) is 17.1 Å². The molecule has 2 N–H and O–H groups in total. The maximum absolute atomic E-state index is 12.6. The molecular weight excluding hydrogens is 659 g/mol. The van der Waals surface area contributed by atoms with Crippen molar-refractivity contribution in [1.29, 1.82) is 0 Å². The zero-order valence-electron chi connectivity index (χ0n) is 29.6. The summed E-state index contributed by atoms with van der Waals surface area (Å²) < 4.78 is 0. The van der Waals surface area contributed by atoms with Crippen LogP contribution in [0, 0.1) is 0 Å². The van der Waals surface area contributed by atoms with E-state index in [0.29, 0.717) is 17.0 Å². The summed E-state index contributed by atoms with van der Waals surface area (Å²) in [5, 5.41) is 17.3. The first-order valence-electron chi connectivity index (χ1n) is 16.5. The monoisotopic (exact) mass is 702 g/mol. The van der Waals surface area contributed by atoms with Crippen molar-refractivity contribution < 1.29 is 19.6 Å². The number of pyridine rings is 2. The quantitative estimate of drug-likeness (QED) is 0.223. The van der Waals surface area contributed by atoms with Gasteiger partial charge in [0.15, 0.2) is 17.5 Å². The number of amides is 2. The molecule has 2 aliphatic rings. The predicted octanol–water partition coefficient (Wildman–Crippen LogP) is 3.37. The van der Waals surface area contributed by atoms with Gasteiger partial charge in [-0.1, -0.05) is 13.8 Å². The molecule has 6 rings (SSSR count).